The summed E-state index contributed by atoms with van der Waals surface area (Å²) in [7, 11) is 3.05. The molecule has 3 aliphatic heterocycles. The molecule has 2 unspecified atom stereocenters. The number of pyridine rings is 1. The number of aromatic nitrogens is 1. The summed E-state index contributed by atoms with van der Waals surface area (Å²) in [6.07, 6.45) is 4.82. The average Bonchev–Trinajstić information content (AvgIpc) is 3.62. The standard InChI is InChI=1S/C37H39Cl2N3O7S/c1-46-30-10-8-25(18-32(30)47-2)31(19-27-28(38)21-42(45)22-29(27)39)49-35(43)33-11-9-26(50-33)20-40-34(24-6-4-3-5-7-24)36(44)48-23-37-12-15-41(16-13-37)17-14-37/h3-11,18,21-22,31,34,40H,12-17,19-20,23H2,1-2H3. The third-order valence-electron chi connectivity index (χ3n) is 9.58. The number of nitrogens with zero attached hydrogens (tertiary/aromatic N) is 2. The monoisotopic (exact) mass is 739 g/mol. The second kappa shape index (κ2) is 16.0. The first kappa shape index (κ1) is 35.9. The van der Waals surface area contributed by atoms with Crippen LogP contribution in [0.1, 0.15) is 62.6 Å². The molecule has 0 spiro atoms. The number of carbonyl (C=O) groups excluding carboxylic acids is 2. The molecule has 0 aliphatic carbocycles. The Morgan fingerprint density at radius 1 is 0.940 bits per heavy atom. The Labute approximate surface area is 305 Å². The van der Waals surface area contributed by atoms with E-state index in [1.165, 1.54) is 38.0 Å². The lowest BCUT2D eigenvalue weighted by Crippen LogP contribution is -2.50. The third-order valence-corrected chi connectivity index (χ3v) is 11.3. The van der Waals surface area contributed by atoms with Crippen molar-refractivity contribution in [1.82, 2.24) is 10.2 Å². The molecule has 0 radical (unpaired) electrons. The molecule has 2 aromatic carbocycles. The second-order valence-corrected chi connectivity index (χ2v) is 14.7. The van der Waals surface area contributed by atoms with Crippen molar-refractivity contribution in [2.45, 2.75) is 44.4 Å². The topological polar surface area (TPSA) is 113 Å². The fourth-order valence-corrected chi connectivity index (χ4v) is 8.01. The molecule has 0 saturated carbocycles. The van der Waals surface area contributed by atoms with Gasteiger partial charge in [0.25, 0.3) is 0 Å². The van der Waals surface area contributed by atoms with Crippen LogP contribution in [0.25, 0.3) is 0 Å². The highest BCUT2D eigenvalue weighted by molar-refractivity contribution is 7.13. The average molecular weight is 741 g/mol. The van der Waals surface area contributed by atoms with Gasteiger partial charge in [0.2, 0.25) is 0 Å². The van der Waals surface area contributed by atoms with Crippen LogP contribution in [0.15, 0.2) is 73.1 Å². The Bertz CT molecular complexity index is 1780. The summed E-state index contributed by atoms with van der Waals surface area (Å²) in [5.41, 5.74) is 1.95. The van der Waals surface area contributed by atoms with E-state index in [1.807, 2.05) is 36.4 Å². The van der Waals surface area contributed by atoms with Crippen LogP contribution in [-0.2, 0) is 27.2 Å². The first-order valence-corrected chi connectivity index (χ1v) is 18.0. The minimum atomic E-state index is -0.836. The van der Waals surface area contributed by atoms with Crippen molar-refractivity contribution in [2.24, 2.45) is 5.41 Å². The van der Waals surface area contributed by atoms with E-state index in [1.54, 1.807) is 24.3 Å². The first-order valence-electron chi connectivity index (χ1n) is 16.4. The van der Waals surface area contributed by atoms with E-state index in [0.29, 0.717) is 45.4 Å². The Morgan fingerprint density at radius 2 is 1.62 bits per heavy atom. The zero-order valence-electron chi connectivity index (χ0n) is 27.9. The van der Waals surface area contributed by atoms with E-state index < -0.39 is 18.1 Å². The zero-order chi connectivity index (χ0) is 35.3. The highest BCUT2D eigenvalue weighted by Gasteiger charge is 2.41. The van der Waals surface area contributed by atoms with Gasteiger partial charge in [-0.2, -0.15) is 4.73 Å². The van der Waals surface area contributed by atoms with E-state index in [2.05, 4.69) is 10.2 Å². The highest BCUT2D eigenvalue weighted by atomic mass is 35.5. The number of halogens is 2. The van der Waals surface area contributed by atoms with Gasteiger partial charge in [0.15, 0.2) is 23.9 Å². The molecular weight excluding hydrogens is 701 g/mol. The number of methoxy groups -OCH3 is 2. The van der Waals surface area contributed by atoms with Crippen molar-refractivity contribution < 1.29 is 33.3 Å². The van der Waals surface area contributed by atoms with Crippen LogP contribution in [0.5, 0.6) is 11.5 Å². The predicted octanol–water partition coefficient (Wildman–Crippen LogP) is 6.71. The minimum Gasteiger partial charge on any atom is -0.619 e. The molecule has 2 bridgehead atoms. The molecule has 3 aliphatic rings. The van der Waals surface area contributed by atoms with Crippen molar-refractivity contribution in [2.75, 3.05) is 40.5 Å². The largest absolute Gasteiger partial charge is 0.619 e. The van der Waals surface area contributed by atoms with Gasteiger partial charge in [0, 0.05) is 28.8 Å². The van der Waals surface area contributed by atoms with Crippen molar-refractivity contribution in [1.29, 1.82) is 0 Å². The van der Waals surface area contributed by atoms with Crippen LogP contribution in [-0.4, -0.2) is 57.3 Å². The van der Waals surface area contributed by atoms with Crippen molar-refractivity contribution in [3.05, 3.63) is 115 Å². The SMILES string of the molecule is COc1ccc(C(Cc2c(Cl)c[n+]([O-])cc2Cl)OC(=O)c2ccc(CNC(C(=O)OCC34CCN(CC3)CC4)c3ccccc3)s2)cc1OC. The fourth-order valence-electron chi connectivity index (χ4n) is 6.57. The Morgan fingerprint density at radius 3 is 2.28 bits per heavy atom. The smallest absolute Gasteiger partial charge is 0.348 e. The Hall–Kier alpha value is -3.87. The summed E-state index contributed by atoms with van der Waals surface area (Å²) < 4.78 is 23.5. The maximum Gasteiger partial charge on any atom is 0.348 e. The van der Waals surface area contributed by atoms with Gasteiger partial charge in [0.05, 0.1) is 20.8 Å². The second-order valence-electron chi connectivity index (χ2n) is 12.7. The van der Waals surface area contributed by atoms with Crippen molar-refractivity contribution in [3.8, 4) is 11.5 Å². The van der Waals surface area contributed by atoms with Crippen molar-refractivity contribution in [3.63, 3.8) is 0 Å². The van der Waals surface area contributed by atoms with E-state index in [0.717, 1.165) is 49.3 Å². The number of hydrogen-bond donors (Lipinski definition) is 1. The molecule has 3 saturated heterocycles. The van der Waals surface area contributed by atoms with Gasteiger partial charge in [-0.1, -0.05) is 59.6 Å². The number of carbonyl (C=O) groups is 2. The third kappa shape index (κ3) is 8.35. The van der Waals surface area contributed by atoms with E-state index in [9.17, 15) is 14.8 Å². The molecule has 2 aromatic heterocycles. The van der Waals surface area contributed by atoms with Gasteiger partial charge >= 0.3 is 11.9 Å². The molecule has 13 heteroatoms. The normalized spacial score (nSPS) is 19.4. The molecule has 0 amide bonds. The molecule has 264 valence electrons. The van der Waals surface area contributed by atoms with E-state index >= 15 is 0 Å². The number of rotatable bonds is 14. The number of fused-ring (bicyclic) bond motifs is 3. The molecule has 5 heterocycles. The number of benzene rings is 2. The van der Waals surface area contributed by atoms with Crippen LogP contribution < -0.4 is 19.5 Å². The molecule has 4 aromatic rings. The van der Waals surface area contributed by atoms with Gasteiger partial charge in [0.1, 0.15) is 27.1 Å². The van der Waals surface area contributed by atoms with Crippen LogP contribution in [0.2, 0.25) is 10.0 Å². The fraction of sp³-hybridized carbons (Fsp3) is 0.378. The highest BCUT2D eigenvalue weighted by Crippen LogP contribution is 2.41. The van der Waals surface area contributed by atoms with Gasteiger partial charge in [-0.05, 0) is 74.3 Å². The molecule has 2 atom stereocenters. The molecule has 10 nitrogen and oxygen atoms in total. The van der Waals surface area contributed by atoms with Gasteiger partial charge in [-0.3, -0.25) is 5.32 Å². The summed E-state index contributed by atoms with van der Waals surface area (Å²) in [6.45, 7) is 3.94. The Kier molecular flexibility index (Phi) is 11.5. The predicted molar refractivity (Wildman–Crippen MR) is 191 cm³/mol. The summed E-state index contributed by atoms with van der Waals surface area (Å²) in [5.74, 6) is 0.0956. The molecule has 7 rings (SSSR count). The lowest BCUT2D eigenvalue weighted by Gasteiger charge is -2.48. The molecule has 50 heavy (non-hydrogen) atoms. The number of piperidine rings is 3. The number of thiophene rings is 1. The summed E-state index contributed by atoms with van der Waals surface area (Å²) in [6, 6.07) is 17.6. The van der Waals surface area contributed by atoms with Crippen LogP contribution in [0, 0.1) is 10.6 Å². The van der Waals surface area contributed by atoms with Gasteiger partial charge in [-0.15, -0.1) is 11.3 Å². The first-order chi connectivity index (χ1) is 24.2. The molecule has 1 N–H and O–H groups in total. The number of esters is 2. The number of nitrogens with one attached hydrogen (secondary N) is 1. The van der Waals surface area contributed by atoms with Gasteiger partial charge < -0.3 is 29.1 Å². The Balaban J connectivity index is 1.16. The maximum atomic E-state index is 13.6. The quantitative estimate of drug-likeness (QED) is 0.0857. The zero-order valence-corrected chi connectivity index (χ0v) is 30.2. The minimum absolute atomic E-state index is 0.0680. The maximum absolute atomic E-state index is 13.6. The van der Waals surface area contributed by atoms with E-state index in [-0.39, 0.29) is 27.9 Å². The summed E-state index contributed by atoms with van der Waals surface area (Å²) >= 11 is 14.1. The summed E-state index contributed by atoms with van der Waals surface area (Å²) in [4.78, 5) is 30.8. The number of ether oxygens (including phenoxy) is 4. The van der Waals surface area contributed by atoms with E-state index in [4.69, 9.17) is 42.1 Å². The van der Waals surface area contributed by atoms with Crippen molar-refractivity contribution >= 4 is 46.5 Å². The number of hydrogen-bond acceptors (Lipinski definition) is 10. The van der Waals surface area contributed by atoms with Crippen LogP contribution >= 0.6 is 34.5 Å². The molecule has 3 fully saturated rings. The molecular formula is C37H39Cl2N3O7S. The lowest BCUT2D eigenvalue weighted by molar-refractivity contribution is -0.605. The lowest BCUT2D eigenvalue weighted by atomic mass is 9.73. The van der Waals surface area contributed by atoms with Gasteiger partial charge in [-0.25, -0.2) is 9.59 Å². The summed E-state index contributed by atoms with van der Waals surface area (Å²) in [5, 5.41) is 15.5. The van der Waals surface area contributed by atoms with Crippen LogP contribution in [0.4, 0.5) is 0 Å². The van der Waals surface area contributed by atoms with Crippen LogP contribution in [0.3, 0.4) is 0 Å².